The molecule has 0 aromatic heterocycles. The Hall–Kier alpha value is -1.09. The van der Waals surface area contributed by atoms with Crippen LogP contribution >= 0.6 is 0 Å². The molecule has 19 heavy (non-hydrogen) atoms. The van der Waals surface area contributed by atoms with Crippen molar-refractivity contribution >= 4 is 5.69 Å². The van der Waals surface area contributed by atoms with Crippen molar-refractivity contribution in [3.8, 4) is 0 Å². The summed E-state index contributed by atoms with van der Waals surface area (Å²) in [5.41, 5.74) is 1.16. The van der Waals surface area contributed by atoms with Gasteiger partial charge in [-0.2, -0.15) is 0 Å². The number of nitrogens with zero attached hydrogens (tertiary/aromatic N) is 1. The zero-order valence-electron chi connectivity index (χ0n) is 13.0. The summed E-state index contributed by atoms with van der Waals surface area (Å²) in [6, 6.07) is 6.74. The average Bonchev–Trinajstić information content (AvgIpc) is 2.25. The molecule has 1 aromatic rings. The Morgan fingerprint density at radius 3 is 2.32 bits per heavy atom. The molecule has 0 saturated carbocycles. The summed E-state index contributed by atoms with van der Waals surface area (Å²) in [7, 11) is 2.01. The van der Waals surface area contributed by atoms with Crippen molar-refractivity contribution in [2.24, 2.45) is 5.41 Å². The molecule has 2 nitrogen and oxygen atoms in total. The highest BCUT2D eigenvalue weighted by atomic mass is 19.1. The molecule has 1 rings (SSSR count). The second-order valence-electron chi connectivity index (χ2n) is 7.10. The molecule has 0 atom stereocenters. The van der Waals surface area contributed by atoms with E-state index in [0.29, 0.717) is 0 Å². The van der Waals surface area contributed by atoms with E-state index in [1.807, 2.05) is 13.1 Å². The normalized spacial score (nSPS) is 12.6. The highest BCUT2D eigenvalue weighted by molar-refractivity contribution is 5.45. The quantitative estimate of drug-likeness (QED) is 0.874. The average molecular weight is 266 g/mol. The minimum absolute atomic E-state index is 0.119. The number of nitrogens with one attached hydrogen (secondary N) is 1. The van der Waals surface area contributed by atoms with Gasteiger partial charge < -0.3 is 10.2 Å². The van der Waals surface area contributed by atoms with Gasteiger partial charge in [-0.15, -0.1) is 0 Å². The fourth-order valence-electron chi connectivity index (χ4n) is 2.01. The molecular formula is C16H27FN2. The first-order valence-corrected chi connectivity index (χ1v) is 6.81. The maximum Gasteiger partial charge on any atom is 0.125 e. The van der Waals surface area contributed by atoms with E-state index in [2.05, 4.69) is 44.8 Å². The van der Waals surface area contributed by atoms with Gasteiger partial charge in [0.2, 0.25) is 0 Å². The van der Waals surface area contributed by atoms with Crippen molar-refractivity contribution in [1.82, 2.24) is 5.32 Å². The standard InChI is InChI=1S/C16H27FN2/c1-15(2,3)18-11-16(4,5)12-19(6)14-9-7-8-13(17)10-14/h7-10,18H,11-12H2,1-6H3. The molecule has 0 saturated heterocycles. The number of rotatable bonds is 5. The zero-order chi connectivity index (χ0) is 14.7. The van der Waals surface area contributed by atoms with Gasteiger partial charge in [-0.1, -0.05) is 19.9 Å². The minimum atomic E-state index is -0.185. The fraction of sp³-hybridized carbons (Fsp3) is 0.625. The van der Waals surface area contributed by atoms with E-state index < -0.39 is 0 Å². The van der Waals surface area contributed by atoms with Crippen LogP contribution in [-0.4, -0.2) is 25.7 Å². The molecule has 0 aliphatic rings. The van der Waals surface area contributed by atoms with Gasteiger partial charge in [0, 0.05) is 31.4 Å². The Labute approximate surface area is 117 Å². The minimum Gasteiger partial charge on any atom is -0.374 e. The summed E-state index contributed by atoms with van der Waals surface area (Å²) in [6.45, 7) is 12.7. The van der Waals surface area contributed by atoms with E-state index in [4.69, 9.17) is 0 Å². The number of benzene rings is 1. The van der Waals surface area contributed by atoms with Crippen LogP contribution in [0.15, 0.2) is 24.3 Å². The second-order valence-corrected chi connectivity index (χ2v) is 7.10. The molecular weight excluding hydrogens is 239 g/mol. The van der Waals surface area contributed by atoms with E-state index >= 15 is 0 Å². The van der Waals surface area contributed by atoms with Crippen LogP contribution < -0.4 is 10.2 Å². The molecule has 1 aromatic carbocycles. The van der Waals surface area contributed by atoms with Gasteiger partial charge in [-0.3, -0.25) is 0 Å². The van der Waals surface area contributed by atoms with Gasteiger partial charge in [-0.25, -0.2) is 4.39 Å². The molecule has 0 amide bonds. The smallest absolute Gasteiger partial charge is 0.125 e. The first-order valence-electron chi connectivity index (χ1n) is 6.81. The van der Waals surface area contributed by atoms with Crippen molar-refractivity contribution in [2.45, 2.75) is 40.2 Å². The first-order chi connectivity index (χ1) is 8.59. The lowest BCUT2D eigenvalue weighted by molar-refractivity contribution is 0.295. The summed E-state index contributed by atoms with van der Waals surface area (Å²) in [6.07, 6.45) is 0. The highest BCUT2D eigenvalue weighted by Gasteiger charge is 2.22. The third kappa shape index (κ3) is 6.06. The summed E-state index contributed by atoms with van der Waals surface area (Å²) in [5, 5.41) is 3.53. The first kappa shape index (κ1) is 16.0. The SMILES string of the molecule is CN(CC(C)(C)CNC(C)(C)C)c1cccc(F)c1. The Kier molecular flexibility index (Phi) is 4.97. The number of halogens is 1. The van der Waals surface area contributed by atoms with Crippen LogP contribution in [0.3, 0.4) is 0 Å². The largest absolute Gasteiger partial charge is 0.374 e. The van der Waals surface area contributed by atoms with E-state index in [9.17, 15) is 4.39 Å². The molecule has 0 aliphatic heterocycles. The highest BCUT2D eigenvalue weighted by Crippen LogP contribution is 2.21. The zero-order valence-corrected chi connectivity index (χ0v) is 13.0. The number of hydrogen-bond acceptors (Lipinski definition) is 2. The van der Waals surface area contributed by atoms with Crippen LogP contribution in [0.1, 0.15) is 34.6 Å². The molecule has 0 fully saturated rings. The monoisotopic (exact) mass is 266 g/mol. The van der Waals surface area contributed by atoms with Crippen LogP contribution in [0, 0.1) is 11.2 Å². The number of hydrogen-bond donors (Lipinski definition) is 1. The Bertz CT molecular complexity index is 407. The lowest BCUT2D eigenvalue weighted by atomic mass is 9.91. The topological polar surface area (TPSA) is 15.3 Å². The Balaban J connectivity index is 2.62. The molecule has 0 spiro atoms. The molecule has 0 heterocycles. The van der Waals surface area contributed by atoms with Gasteiger partial charge in [0.15, 0.2) is 0 Å². The molecule has 0 bridgehead atoms. The predicted molar refractivity (Wildman–Crippen MR) is 81.2 cm³/mol. The summed E-state index contributed by atoms with van der Waals surface area (Å²) in [4.78, 5) is 2.10. The van der Waals surface area contributed by atoms with Crippen LogP contribution in [-0.2, 0) is 0 Å². The van der Waals surface area contributed by atoms with Crippen molar-refractivity contribution < 1.29 is 4.39 Å². The van der Waals surface area contributed by atoms with Gasteiger partial charge in [0.05, 0.1) is 0 Å². The van der Waals surface area contributed by atoms with Crippen LogP contribution in [0.2, 0.25) is 0 Å². The maximum atomic E-state index is 13.2. The molecule has 0 aliphatic carbocycles. The molecule has 1 N–H and O–H groups in total. The second kappa shape index (κ2) is 5.91. The number of anilines is 1. The van der Waals surface area contributed by atoms with Gasteiger partial charge in [-0.05, 0) is 44.4 Å². The Morgan fingerprint density at radius 1 is 1.16 bits per heavy atom. The summed E-state index contributed by atoms with van der Waals surface area (Å²) >= 11 is 0. The summed E-state index contributed by atoms with van der Waals surface area (Å²) < 4.78 is 13.2. The van der Waals surface area contributed by atoms with E-state index in [1.54, 1.807) is 12.1 Å². The van der Waals surface area contributed by atoms with E-state index in [1.165, 1.54) is 6.07 Å². The van der Waals surface area contributed by atoms with Crippen LogP contribution in [0.5, 0.6) is 0 Å². The van der Waals surface area contributed by atoms with Gasteiger partial charge in [0.25, 0.3) is 0 Å². The molecule has 0 unspecified atom stereocenters. The van der Waals surface area contributed by atoms with E-state index in [-0.39, 0.29) is 16.8 Å². The third-order valence-electron chi connectivity index (χ3n) is 3.01. The van der Waals surface area contributed by atoms with Crippen molar-refractivity contribution in [2.75, 3.05) is 25.0 Å². The fourth-order valence-corrected chi connectivity index (χ4v) is 2.01. The van der Waals surface area contributed by atoms with Crippen molar-refractivity contribution in [3.05, 3.63) is 30.1 Å². The third-order valence-corrected chi connectivity index (χ3v) is 3.01. The lowest BCUT2D eigenvalue weighted by Crippen LogP contribution is -2.45. The van der Waals surface area contributed by atoms with Gasteiger partial charge >= 0.3 is 0 Å². The predicted octanol–water partition coefficient (Wildman–Crippen LogP) is 3.68. The van der Waals surface area contributed by atoms with Crippen LogP contribution in [0.4, 0.5) is 10.1 Å². The maximum absolute atomic E-state index is 13.2. The van der Waals surface area contributed by atoms with Crippen molar-refractivity contribution in [3.63, 3.8) is 0 Å². The van der Waals surface area contributed by atoms with Crippen molar-refractivity contribution in [1.29, 1.82) is 0 Å². The Morgan fingerprint density at radius 2 is 1.79 bits per heavy atom. The molecule has 3 heteroatoms. The summed E-state index contributed by atoms with van der Waals surface area (Å²) in [5.74, 6) is -0.185. The van der Waals surface area contributed by atoms with Crippen LogP contribution in [0.25, 0.3) is 0 Å². The lowest BCUT2D eigenvalue weighted by Gasteiger charge is -2.34. The van der Waals surface area contributed by atoms with Gasteiger partial charge in [0.1, 0.15) is 5.82 Å². The molecule has 108 valence electrons. The molecule has 0 radical (unpaired) electrons. The van der Waals surface area contributed by atoms with E-state index in [0.717, 1.165) is 18.8 Å².